The summed E-state index contributed by atoms with van der Waals surface area (Å²) < 4.78 is 2.51. The summed E-state index contributed by atoms with van der Waals surface area (Å²) in [7, 11) is 0. The van der Waals surface area contributed by atoms with E-state index in [1.807, 2.05) is 0 Å². The van der Waals surface area contributed by atoms with Crippen LogP contribution in [-0.2, 0) is 0 Å². The zero-order valence-corrected chi connectivity index (χ0v) is 24.6. The average Bonchev–Trinajstić information content (AvgIpc) is 3.47. The second kappa shape index (κ2) is 11.6. The van der Waals surface area contributed by atoms with Crippen molar-refractivity contribution in [3.05, 3.63) is 180 Å². The Hall–Kier alpha value is -5.21. The summed E-state index contributed by atoms with van der Waals surface area (Å²) in [5.74, 6) is 0. The Morgan fingerprint density at radius 3 is 1.58 bits per heavy atom. The summed E-state index contributed by atoms with van der Waals surface area (Å²) in [5.41, 5.74) is 12.3. The largest absolute Gasteiger partial charge is 0.245 e. The van der Waals surface area contributed by atoms with Crippen molar-refractivity contribution in [1.29, 1.82) is 0 Å². The Morgan fingerprint density at radius 2 is 0.977 bits per heavy atom. The molecule has 7 rings (SSSR count). The molecule has 6 aromatic carbocycles. The van der Waals surface area contributed by atoms with Gasteiger partial charge in [0.05, 0.1) is 0 Å². The van der Waals surface area contributed by atoms with Crippen molar-refractivity contribution in [1.82, 2.24) is 0 Å². The minimum absolute atomic E-state index is 0.0389. The summed E-state index contributed by atoms with van der Waals surface area (Å²) in [6.45, 7) is 4.37. The molecule has 208 valence electrons. The molecule has 0 amide bonds. The van der Waals surface area contributed by atoms with Gasteiger partial charge in [0.2, 0.25) is 6.34 Å². The van der Waals surface area contributed by atoms with E-state index >= 15 is 0 Å². The monoisotopic (exact) mass is 555 g/mol. The molecule has 0 fully saturated rings. The van der Waals surface area contributed by atoms with Gasteiger partial charge in [0.25, 0.3) is 0 Å². The van der Waals surface area contributed by atoms with E-state index in [0.29, 0.717) is 0 Å². The molecule has 43 heavy (non-hydrogen) atoms. The maximum absolute atomic E-state index is 2.51. The molecular weight excluding hydrogens is 520 g/mol. The van der Waals surface area contributed by atoms with Crippen LogP contribution in [0.3, 0.4) is 0 Å². The molecule has 1 aliphatic heterocycles. The fourth-order valence-corrected chi connectivity index (χ4v) is 6.43. The van der Waals surface area contributed by atoms with Gasteiger partial charge in [0.15, 0.2) is 12.1 Å². The van der Waals surface area contributed by atoms with Crippen LogP contribution in [0.2, 0.25) is 0 Å². The van der Waals surface area contributed by atoms with Gasteiger partial charge in [0.1, 0.15) is 11.4 Å². The lowest BCUT2D eigenvalue weighted by Crippen LogP contribution is -2.26. The Bertz CT molecular complexity index is 1880. The van der Waals surface area contributed by atoms with E-state index in [0.717, 1.165) is 0 Å². The first-order chi connectivity index (χ1) is 21.2. The Morgan fingerprint density at radius 1 is 0.488 bits per heavy atom. The van der Waals surface area contributed by atoms with Crippen molar-refractivity contribution in [2.45, 2.75) is 25.9 Å². The topological polar surface area (TPSA) is 6.25 Å². The van der Waals surface area contributed by atoms with E-state index in [4.69, 9.17) is 0 Å². The first-order valence-electron chi connectivity index (χ1n) is 15.0. The molecule has 0 unspecified atom stereocenters. The quantitative estimate of drug-likeness (QED) is 0.185. The highest BCUT2D eigenvalue weighted by atomic mass is 15.3. The predicted molar refractivity (Wildman–Crippen MR) is 180 cm³/mol. The average molecular weight is 556 g/mol. The number of hydrogen-bond acceptors (Lipinski definition) is 1. The molecule has 6 aromatic rings. The summed E-state index contributed by atoms with van der Waals surface area (Å²) in [6.07, 6.45) is 2.36. The van der Waals surface area contributed by atoms with Crippen molar-refractivity contribution < 1.29 is 4.58 Å². The third-order valence-corrected chi connectivity index (χ3v) is 8.46. The fourth-order valence-electron chi connectivity index (χ4n) is 6.43. The van der Waals surface area contributed by atoms with Gasteiger partial charge >= 0.3 is 0 Å². The Balaban J connectivity index is 1.52. The molecule has 2 nitrogen and oxygen atoms in total. The van der Waals surface area contributed by atoms with Gasteiger partial charge in [0, 0.05) is 22.3 Å². The Labute approximate surface area is 254 Å². The number of anilines is 1. The smallest absolute Gasteiger partial charge is 0.221 e. The van der Waals surface area contributed by atoms with E-state index in [9.17, 15) is 0 Å². The van der Waals surface area contributed by atoms with Crippen LogP contribution < -0.4 is 4.90 Å². The molecule has 1 aliphatic rings. The highest BCUT2D eigenvalue weighted by Crippen LogP contribution is 2.49. The van der Waals surface area contributed by atoms with Crippen LogP contribution in [0.25, 0.3) is 22.3 Å². The molecule has 0 spiro atoms. The van der Waals surface area contributed by atoms with Crippen LogP contribution >= 0.6 is 0 Å². The maximum Gasteiger partial charge on any atom is 0.245 e. The van der Waals surface area contributed by atoms with Crippen LogP contribution in [0.1, 0.15) is 34.3 Å². The number of hydrogen-bond donors (Lipinski definition) is 0. The summed E-state index contributed by atoms with van der Waals surface area (Å²) in [6, 6.07) is 57.2. The normalized spacial score (nSPS) is 16.2. The van der Waals surface area contributed by atoms with Gasteiger partial charge in [-0.1, -0.05) is 133 Å². The lowest BCUT2D eigenvalue weighted by atomic mass is 9.91. The van der Waals surface area contributed by atoms with Gasteiger partial charge in [-0.2, -0.15) is 0 Å². The minimum atomic E-state index is 0.0389. The molecule has 0 N–H and O–H groups in total. The van der Waals surface area contributed by atoms with Crippen molar-refractivity contribution in [3.8, 4) is 22.3 Å². The van der Waals surface area contributed by atoms with Crippen molar-refractivity contribution in [2.24, 2.45) is 0 Å². The molecule has 2 atom stereocenters. The highest BCUT2D eigenvalue weighted by molar-refractivity contribution is 5.90. The van der Waals surface area contributed by atoms with E-state index in [1.54, 1.807) is 0 Å². The maximum atomic E-state index is 2.51. The van der Waals surface area contributed by atoms with E-state index in [2.05, 4.69) is 187 Å². The SMILES string of the molecule is Cc1ccc(-c2ccccc2)c(N2C=[N+](c3cc(C)ccc3-c3ccccc3)[C@@H](c3ccccc3)[C@@H]2c2ccccc2)c1. The standard InChI is InChI=1S/C41H35N2/c1-30-23-25-36(32-15-7-3-8-16-32)38(27-30)42-29-43(39-28-31(2)24-26-37(39)33-17-9-4-10-18-33)41(35-21-13-6-14-22-35)40(42)34-19-11-5-12-20-34/h3-29,40-41H,1-2H3/q+1/t40-,41-/m0/s1. The predicted octanol–water partition coefficient (Wildman–Crippen LogP) is 10.3. The number of aryl methyl sites for hydroxylation is 2. The second-order valence-electron chi connectivity index (χ2n) is 11.4. The molecule has 0 saturated heterocycles. The molecule has 1 heterocycles. The number of rotatable bonds is 6. The van der Waals surface area contributed by atoms with Gasteiger partial charge in [-0.15, -0.1) is 0 Å². The highest BCUT2D eigenvalue weighted by Gasteiger charge is 2.47. The lowest BCUT2D eigenvalue weighted by Gasteiger charge is -2.26. The number of benzene rings is 6. The molecule has 0 radical (unpaired) electrons. The van der Waals surface area contributed by atoms with Gasteiger partial charge < -0.3 is 0 Å². The third-order valence-electron chi connectivity index (χ3n) is 8.46. The van der Waals surface area contributed by atoms with Crippen molar-refractivity contribution in [3.63, 3.8) is 0 Å². The van der Waals surface area contributed by atoms with Crippen LogP contribution in [0, 0.1) is 13.8 Å². The first-order valence-corrected chi connectivity index (χ1v) is 15.0. The summed E-state index contributed by atoms with van der Waals surface area (Å²) in [5, 5.41) is 0. The zero-order valence-electron chi connectivity index (χ0n) is 24.6. The summed E-state index contributed by atoms with van der Waals surface area (Å²) in [4.78, 5) is 2.51. The lowest BCUT2D eigenvalue weighted by molar-refractivity contribution is -0.480. The van der Waals surface area contributed by atoms with Crippen molar-refractivity contribution in [2.75, 3.05) is 4.90 Å². The molecule has 0 aromatic heterocycles. The number of nitrogens with zero attached hydrogens (tertiary/aromatic N) is 2. The van der Waals surface area contributed by atoms with Gasteiger partial charge in [-0.25, -0.2) is 9.48 Å². The van der Waals surface area contributed by atoms with Gasteiger partial charge in [-0.3, -0.25) is 0 Å². The van der Waals surface area contributed by atoms with Crippen LogP contribution in [0.4, 0.5) is 11.4 Å². The molecule has 0 aliphatic carbocycles. The van der Waals surface area contributed by atoms with Crippen LogP contribution in [0.5, 0.6) is 0 Å². The van der Waals surface area contributed by atoms with E-state index in [1.165, 1.54) is 55.9 Å². The van der Waals surface area contributed by atoms with E-state index < -0.39 is 0 Å². The molecular formula is C41H35N2+. The fraction of sp³-hybridized carbons (Fsp3) is 0.0976. The van der Waals surface area contributed by atoms with E-state index in [-0.39, 0.29) is 12.1 Å². The molecule has 2 heteroatoms. The molecule has 0 saturated carbocycles. The van der Waals surface area contributed by atoms with Crippen molar-refractivity contribution >= 4 is 17.7 Å². The minimum Gasteiger partial charge on any atom is -0.221 e. The molecule has 0 bridgehead atoms. The second-order valence-corrected chi connectivity index (χ2v) is 11.4. The summed E-state index contributed by atoms with van der Waals surface area (Å²) >= 11 is 0. The van der Waals surface area contributed by atoms with Crippen LogP contribution in [-0.4, -0.2) is 10.9 Å². The zero-order chi connectivity index (χ0) is 29.2. The first kappa shape index (κ1) is 26.7. The Kier molecular flexibility index (Phi) is 7.18. The third kappa shape index (κ3) is 5.17. The van der Waals surface area contributed by atoms with Gasteiger partial charge in [-0.05, 0) is 60.4 Å². The van der Waals surface area contributed by atoms with Crippen LogP contribution in [0.15, 0.2) is 158 Å².